The van der Waals surface area contributed by atoms with E-state index >= 15 is 0 Å². The summed E-state index contributed by atoms with van der Waals surface area (Å²) in [6.07, 6.45) is -3.59. The Balaban J connectivity index is 1.95. The molecule has 2 heterocycles. The lowest BCUT2D eigenvalue weighted by atomic mass is 9.94. The Morgan fingerprint density at radius 2 is 1.78 bits per heavy atom. The molecule has 0 amide bonds. The molecule has 3 rings (SSSR count). The van der Waals surface area contributed by atoms with Gasteiger partial charge in [0, 0.05) is 31.6 Å². The van der Waals surface area contributed by atoms with Crippen LogP contribution in [-0.2, 0) is 16.0 Å². The Kier molecular flexibility index (Phi) is 6.20. The van der Waals surface area contributed by atoms with E-state index in [4.69, 9.17) is 0 Å². The van der Waals surface area contributed by atoms with Crippen molar-refractivity contribution in [2.24, 2.45) is 0 Å². The predicted molar refractivity (Wildman–Crippen MR) is 113 cm³/mol. The summed E-state index contributed by atoms with van der Waals surface area (Å²) in [6.45, 7) is 5.34. The first kappa shape index (κ1) is 24.2. The topological polar surface area (TPSA) is 73.7 Å². The van der Waals surface area contributed by atoms with E-state index in [0.717, 1.165) is 18.4 Å². The molecule has 1 atom stereocenters. The van der Waals surface area contributed by atoms with Crippen LogP contribution in [0.2, 0.25) is 0 Å². The van der Waals surface area contributed by atoms with Crippen LogP contribution >= 0.6 is 0 Å². The van der Waals surface area contributed by atoms with Crippen LogP contribution in [0.1, 0.15) is 25.1 Å². The van der Waals surface area contributed by atoms with Gasteiger partial charge in [-0.1, -0.05) is 0 Å². The van der Waals surface area contributed by atoms with Crippen LogP contribution in [0.4, 0.5) is 29.1 Å². The summed E-state index contributed by atoms with van der Waals surface area (Å²) in [5.74, 6) is -0.545. The Morgan fingerprint density at radius 3 is 2.31 bits per heavy atom. The number of hydrogen-bond donors (Lipinski definition) is 1. The molecule has 11 heteroatoms. The Labute approximate surface area is 184 Å². The first-order valence-electron chi connectivity index (χ1n) is 9.87. The van der Waals surface area contributed by atoms with Gasteiger partial charge in [-0.2, -0.15) is 13.2 Å². The van der Waals surface area contributed by atoms with Gasteiger partial charge in [0.15, 0.2) is 9.84 Å². The molecular weight excluding hydrogens is 450 g/mol. The third-order valence-corrected chi connectivity index (χ3v) is 6.66. The van der Waals surface area contributed by atoms with Gasteiger partial charge in [-0.3, -0.25) is 0 Å². The molecule has 0 radical (unpaired) electrons. The molecule has 0 bridgehead atoms. The zero-order valence-electron chi connectivity index (χ0n) is 18.1. The minimum Gasteiger partial charge on any atom is -0.388 e. The summed E-state index contributed by atoms with van der Waals surface area (Å²) in [7, 11) is -3.77. The van der Waals surface area contributed by atoms with Crippen LogP contribution < -0.4 is 9.80 Å². The number of sulfone groups is 1. The average molecular weight is 476 g/mol. The van der Waals surface area contributed by atoms with Crippen molar-refractivity contribution < 1.29 is 31.1 Å². The van der Waals surface area contributed by atoms with Crippen molar-refractivity contribution in [1.82, 2.24) is 4.98 Å². The molecule has 6 nitrogen and oxygen atoms in total. The normalized spacial score (nSPS) is 18.2. The minimum absolute atomic E-state index is 0.164. The summed E-state index contributed by atoms with van der Waals surface area (Å²) in [4.78, 5) is 7.26. The number of benzene rings is 1. The van der Waals surface area contributed by atoms with Crippen LogP contribution in [0.25, 0.3) is 0 Å². The highest BCUT2D eigenvalue weighted by atomic mass is 32.2. The second-order valence-electron chi connectivity index (χ2n) is 8.50. The fourth-order valence-corrected chi connectivity index (χ4v) is 4.63. The number of hydrogen-bond acceptors (Lipinski definition) is 6. The molecule has 32 heavy (non-hydrogen) atoms. The van der Waals surface area contributed by atoms with Crippen molar-refractivity contribution >= 4 is 21.3 Å². The number of piperazine rings is 1. The number of pyridine rings is 1. The SMILES string of the molecule is Cc1nc(N2CCN(c3ccc(F)c(S(C)(=O)=O)c3)C[C@H]2C(C)(C)O)ccc1C(F)(F)F. The zero-order chi connectivity index (χ0) is 24.1. The molecule has 1 fully saturated rings. The molecule has 0 aliphatic carbocycles. The van der Waals surface area contributed by atoms with Crippen LogP contribution in [0.15, 0.2) is 35.2 Å². The number of alkyl halides is 3. The number of rotatable bonds is 4. The molecule has 176 valence electrons. The maximum atomic E-state index is 14.0. The third-order valence-electron chi connectivity index (χ3n) is 5.55. The molecule has 1 aliphatic heterocycles. The van der Waals surface area contributed by atoms with E-state index in [1.54, 1.807) is 18.7 Å². The van der Waals surface area contributed by atoms with Crippen molar-refractivity contribution in [1.29, 1.82) is 0 Å². The van der Waals surface area contributed by atoms with Gasteiger partial charge in [-0.15, -0.1) is 0 Å². The molecule has 0 saturated carbocycles. The van der Waals surface area contributed by atoms with Gasteiger partial charge in [-0.05, 0) is 51.1 Å². The summed E-state index contributed by atoms with van der Waals surface area (Å²) >= 11 is 0. The van der Waals surface area contributed by atoms with E-state index in [-0.39, 0.29) is 12.2 Å². The second kappa shape index (κ2) is 8.18. The lowest BCUT2D eigenvalue weighted by molar-refractivity contribution is -0.138. The lowest BCUT2D eigenvalue weighted by Crippen LogP contribution is -2.61. The van der Waals surface area contributed by atoms with Crippen molar-refractivity contribution in [3.8, 4) is 0 Å². The standard InChI is InChI=1S/C21H25F4N3O3S/c1-13-15(21(23,24)25)6-8-19(26-13)28-10-9-27(12-18(28)20(2,3)29)14-5-7-16(22)17(11-14)32(4,30)31/h5-8,11,18,29H,9-10,12H2,1-4H3/t18-/m0/s1. The van der Waals surface area contributed by atoms with Crippen molar-refractivity contribution in [3.05, 3.63) is 47.4 Å². The van der Waals surface area contributed by atoms with Gasteiger partial charge in [0.25, 0.3) is 0 Å². The van der Waals surface area contributed by atoms with E-state index in [2.05, 4.69) is 4.98 Å². The molecule has 2 aromatic rings. The van der Waals surface area contributed by atoms with Gasteiger partial charge in [0.2, 0.25) is 0 Å². The summed E-state index contributed by atoms with van der Waals surface area (Å²) in [5.41, 5.74) is -1.78. The first-order valence-corrected chi connectivity index (χ1v) is 11.8. The van der Waals surface area contributed by atoms with Crippen LogP contribution in [-0.4, -0.2) is 56.0 Å². The maximum absolute atomic E-state index is 14.0. The predicted octanol–water partition coefficient (Wildman–Crippen LogP) is 3.42. The van der Waals surface area contributed by atoms with Crippen LogP contribution in [0, 0.1) is 12.7 Å². The molecule has 1 aliphatic rings. The number of aryl methyl sites for hydroxylation is 1. The highest BCUT2D eigenvalue weighted by Gasteiger charge is 2.39. The molecule has 0 unspecified atom stereocenters. The maximum Gasteiger partial charge on any atom is 0.418 e. The molecule has 1 aromatic carbocycles. The fourth-order valence-electron chi connectivity index (χ4n) is 3.88. The average Bonchev–Trinajstić information content (AvgIpc) is 2.65. The van der Waals surface area contributed by atoms with E-state index in [9.17, 15) is 31.1 Å². The van der Waals surface area contributed by atoms with Gasteiger partial charge < -0.3 is 14.9 Å². The van der Waals surface area contributed by atoms with Crippen LogP contribution in [0.3, 0.4) is 0 Å². The number of halogens is 4. The van der Waals surface area contributed by atoms with Crippen LogP contribution in [0.5, 0.6) is 0 Å². The lowest BCUT2D eigenvalue weighted by Gasteiger charge is -2.47. The van der Waals surface area contributed by atoms with Gasteiger partial charge in [0.05, 0.1) is 22.9 Å². The molecule has 0 spiro atoms. The third kappa shape index (κ3) is 4.98. The largest absolute Gasteiger partial charge is 0.418 e. The Bertz CT molecular complexity index is 1110. The molecule has 1 aromatic heterocycles. The molecular formula is C21H25F4N3O3S. The van der Waals surface area contributed by atoms with Gasteiger partial charge in [0.1, 0.15) is 16.5 Å². The number of anilines is 2. The Morgan fingerprint density at radius 1 is 1.12 bits per heavy atom. The second-order valence-corrected chi connectivity index (χ2v) is 10.5. The quantitative estimate of drug-likeness (QED) is 0.684. The van der Waals surface area contributed by atoms with E-state index in [1.165, 1.54) is 25.1 Å². The first-order chi connectivity index (χ1) is 14.6. The van der Waals surface area contributed by atoms with Gasteiger partial charge >= 0.3 is 6.18 Å². The zero-order valence-corrected chi connectivity index (χ0v) is 18.9. The van der Waals surface area contributed by atoms with Crippen molar-refractivity contribution in [2.75, 3.05) is 35.7 Å². The fraction of sp³-hybridized carbons (Fsp3) is 0.476. The summed E-state index contributed by atoms with van der Waals surface area (Å²) < 4.78 is 77.1. The van der Waals surface area contributed by atoms with Crippen molar-refractivity contribution in [3.63, 3.8) is 0 Å². The number of aromatic nitrogens is 1. The number of aliphatic hydroxyl groups is 1. The van der Waals surface area contributed by atoms with Gasteiger partial charge in [-0.25, -0.2) is 17.8 Å². The highest BCUT2D eigenvalue weighted by Crippen LogP contribution is 2.34. The Hall–Kier alpha value is -2.40. The van der Waals surface area contributed by atoms with E-state index in [0.29, 0.717) is 24.6 Å². The summed E-state index contributed by atoms with van der Waals surface area (Å²) in [6, 6.07) is 5.47. The molecule has 1 N–H and O–H groups in total. The monoisotopic (exact) mass is 475 g/mol. The number of nitrogens with zero attached hydrogens (tertiary/aromatic N) is 3. The molecule has 1 saturated heterocycles. The minimum atomic E-state index is -4.51. The summed E-state index contributed by atoms with van der Waals surface area (Å²) in [5, 5.41) is 10.8. The van der Waals surface area contributed by atoms with E-state index in [1.807, 2.05) is 4.90 Å². The smallest absolute Gasteiger partial charge is 0.388 e. The van der Waals surface area contributed by atoms with Crippen molar-refractivity contribution in [2.45, 2.75) is 43.5 Å². The van der Waals surface area contributed by atoms with E-state index < -0.39 is 43.9 Å². The highest BCUT2D eigenvalue weighted by molar-refractivity contribution is 7.90.